The van der Waals surface area contributed by atoms with Crippen molar-refractivity contribution in [2.75, 3.05) is 0 Å². The molecule has 0 heterocycles. The largest absolute Gasteiger partial charge is 0.324 e. The fourth-order valence-electron chi connectivity index (χ4n) is 2.40. The van der Waals surface area contributed by atoms with Crippen LogP contribution in [0.2, 0.25) is 0 Å². The molecule has 0 amide bonds. The van der Waals surface area contributed by atoms with Crippen molar-refractivity contribution >= 4 is 0 Å². The quantitative estimate of drug-likeness (QED) is 0.863. The molecule has 0 aliphatic rings. The molecule has 1 nitrogen and oxygen atoms in total. The normalized spacial score (nSPS) is 12.4. The topological polar surface area (TPSA) is 26.0 Å². The minimum atomic E-state index is 0.0854. The molecule has 0 aliphatic heterocycles. The van der Waals surface area contributed by atoms with Gasteiger partial charge in [0.25, 0.3) is 0 Å². The maximum absolute atomic E-state index is 6.37. The van der Waals surface area contributed by atoms with Gasteiger partial charge in [0.2, 0.25) is 0 Å². The molecule has 0 aliphatic carbocycles. The van der Waals surface area contributed by atoms with E-state index < -0.39 is 0 Å². The first kappa shape index (κ1) is 12.8. The molecule has 0 saturated heterocycles. The van der Waals surface area contributed by atoms with Crippen molar-refractivity contribution < 1.29 is 0 Å². The zero-order valence-electron chi connectivity index (χ0n) is 11.2. The van der Waals surface area contributed by atoms with E-state index in [1.807, 2.05) is 0 Å². The summed E-state index contributed by atoms with van der Waals surface area (Å²) in [6.45, 7) is 4.33. The number of hydrogen-bond donors (Lipinski definition) is 1. The fourth-order valence-corrected chi connectivity index (χ4v) is 2.40. The van der Waals surface area contributed by atoms with Crippen LogP contribution in [0, 0.1) is 6.92 Å². The van der Waals surface area contributed by atoms with E-state index in [2.05, 4.69) is 62.4 Å². The van der Waals surface area contributed by atoms with Gasteiger partial charge in [-0.1, -0.05) is 55.5 Å². The molecular formula is C17H21N. The molecule has 2 aromatic carbocycles. The summed E-state index contributed by atoms with van der Waals surface area (Å²) in [5.74, 6) is 0. The smallest absolute Gasteiger partial charge is 0.0338 e. The van der Waals surface area contributed by atoms with Gasteiger partial charge in [0, 0.05) is 6.04 Å². The molecule has 2 aromatic rings. The summed E-state index contributed by atoms with van der Waals surface area (Å²) >= 11 is 0. The summed E-state index contributed by atoms with van der Waals surface area (Å²) in [4.78, 5) is 0. The Labute approximate surface area is 110 Å². The van der Waals surface area contributed by atoms with Gasteiger partial charge in [0.15, 0.2) is 0 Å². The first-order valence-electron chi connectivity index (χ1n) is 6.60. The van der Waals surface area contributed by atoms with Crippen LogP contribution in [0.1, 0.15) is 35.2 Å². The minimum absolute atomic E-state index is 0.0854. The zero-order chi connectivity index (χ0) is 13.0. The molecule has 0 radical (unpaired) electrons. The van der Waals surface area contributed by atoms with Gasteiger partial charge in [-0.15, -0.1) is 0 Å². The van der Waals surface area contributed by atoms with E-state index >= 15 is 0 Å². The molecule has 1 atom stereocenters. The highest BCUT2D eigenvalue weighted by atomic mass is 14.6. The van der Waals surface area contributed by atoms with Gasteiger partial charge < -0.3 is 5.73 Å². The summed E-state index contributed by atoms with van der Waals surface area (Å²) in [6, 6.07) is 17.1. The lowest BCUT2D eigenvalue weighted by Gasteiger charge is -2.17. The first-order chi connectivity index (χ1) is 8.72. The lowest BCUT2D eigenvalue weighted by atomic mass is 9.93. The van der Waals surface area contributed by atoms with E-state index in [1.54, 1.807) is 0 Å². The van der Waals surface area contributed by atoms with E-state index in [0.717, 1.165) is 12.8 Å². The predicted molar refractivity (Wildman–Crippen MR) is 77.6 cm³/mol. The Morgan fingerprint density at radius 2 is 1.56 bits per heavy atom. The van der Waals surface area contributed by atoms with Crippen LogP contribution in [0.15, 0.2) is 48.5 Å². The molecule has 1 heteroatoms. The first-order valence-corrected chi connectivity index (χ1v) is 6.60. The minimum Gasteiger partial charge on any atom is -0.324 e. The van der Waals surface area contributed by atoms with Crippen molar-refractivity contribution in [2.24, 2.45) is 5.73 Å². The molecule has 0 spiro atoms. The highest BCUT2D eigenvalue weighted by Crippen LogP contribution is 2.21. The third kappa shape index (κ3) is 2.80. The second-order valence-corrected chi connectivity index (χ2v) is 4.79. The highest BCUT2D eigenvalue weighted by Gasteiger charge is 2.11. The Bertz CT molecular complexity index is 517. The summed E-state index contributed by atoms with van der Waals surface area (Å²) in [6.07, 6.45) is 1.95. The Balaban J connectivity index is 2.22. The van der Waals surface area contributed by atoms with Crippen LogP contribution >= 0.6 is 0 Å². The van der Waals surface area contributed by atoms with Gasteiger partial charge in [-0.2, -0.15) is 0 Å². The lowest BCUT2D eigenvalue weighted by Crippen LogP contribution is -2.15. The Kier molecular flexibility index (Phi) is 4.16. The van der Waals surface area contributed by atoms with Crippen LogP contribution in [-0.2, 0) is 12.8 Å². The van der Waals surface area contributed by atoms with E-state index in [4.69, 9.17) is 5.73 Å². The lowest BCUT2D eigenvalue weighted by molar-refractivity contribution is 0.709. The van der Waals surface area contributed by atoms with Gasteiger partial charge in [-0.3, -0.25) is 0 Å². The van der Waals surface area contributed by atoms with Crippen LogP contribution in [0.3, 0.4) is 0 Å². The maximum Gasteiger partial charge on any atom is 0.0338 e. The molecule has 0 saturated carbocycles. The van der Waals surface area contributed by atoms with Crippen LogP contribution in [0.25, 0.3) is 0 Å². The highest BCUT2D eigenvalue weighted by molar-refractivity contribution is 5.33. The average Bonchev–Trinajstić information content (AvgIpc) is 2.41. The second-order valence-electron chi connectivity index (χ2n) is 4.79. The predicted octanol–water partition coefficient (Wildman–Crippen LogP) is 3.80. The number of aryl methyl sites for hydroxylation is 2. The van der Waals surface area contributed by atoms with Crippen LogP contribution < -0.4 is 5.73 Å². The summed E-state index contributed by atoms with van der Waals surface area (Å²) < 4.78 is 0. The molecule has 0 bridgehead atoms. The van der Waals surface area contributed by atoms with Crippen molar-refractivity contribution in [3.05, 3.63) is 70.8 Å². The van der Waals surface area contributed by atoms with E-state index in [0.29, 0.717) is 0 Å². The second kappa shape index (κ2) is 5.83. The Morgan fingerprint density at radius 3 is 2.22 bits per heavy atom. The van der Waals surface area contributed by atoms with Crippen molar-refractivity contribution in [2.45, 2.75) is 32.7 Å². The number of rotatable bonds is 4. The van der Waals surface area contributed by atoms with Crippen molar-refractivity contribution in [1.82, 2.24) is 0 Å². The molecule has 1 unspecified atom stereocenters. The molecule has 2 rings (SSSR count). The Hall–Kier alpha value is -1.60. The van der Waals surface area contributed by atoms with Gasteiger partial charge >= 0.3 is 0 Å². The van der Waals surface area contributed by atoms with E-state index in [9.17, 15) is 0 Å². The SMILES string of the molecule is CCc1ccccc1C(N)Cc1ccccc1C. The molecule has 18 heavy (non-hydrogen) atoms. The van der Waals surface area contributed by atoms with Gasteiger partial charge in [-0.25, -0.2) is 0 Å². The summed E-state index contributed by atoms with van der Waals surface area (Å²) in [7, 11) is 0. The standard InChI is InChI=1S/C17H21N/c1-3-14-9-6-7-11-16(14)17(18)12-15-10-5-4-8-13(15)2/h4-11,17H,3,12,18H2,1-2H3. The van der Waals surface area contributed by atoms with Crippen LogP contribution in [-0.4, -0.2) is 0 Å². The maximum atomic E-state index is 6.37. The number of benzene rings is 2. The van der Waals surface area contributed by atoms with Crippen LogP contribution in [0.5, 0.6) is 0 Å². The molecular weight excluding hydrogens is 218 g/mol. The molecule has 0 fully saturated rings. The molecule has 2 N–H and O–H groups in total. The summed E-state index contributed by atoms with van der Waals surface area (Å²) in [5, 5.41) is 0. The third-order valence-electron chi connectivity index (χ3n) is 3.54. The van der Waals surface area contributed by atoms with Crippen molar-refractivity contribution in [3.8, 4) is 0 Å². The van der Waals surface area contributed by atoms with E-state index in [-0.39, 0.29) is 6.04 Å². The number of nitrogens with two attached hydrogens (primary N) is 1. The molecule has 94 valence electrons. The van der Waals surface area contributed by atoms with Gasteiger partial charge in [0.05, 0.1) is 0 Å². The Morgan fingerprint density at radius 1 is 0.944 bits per heavy atom. The fraction of sp³-hybridized carbons (Fsp3) is 0.294. The van der Waals surface area contributed by atoms with Crippen molar-refractivity contribution in [3.63, 3.8) is 0 Å². The van der Waals surface area contributed by atoms with Crippen molar-refractivity contribution in [1.29, 1.82) is 0 Å². The summed E-state index contributed by atoms with van der Waals surface area (Å²) in [5.41, 5.74) is 11.7. The van der Waals surface area contributed by atoms with Crippen LogP contribution in [0.4, 0.5) is 0 Å². The van der Waals surface area contributed by atoms with Gasteiger partial charge in [-0.05, 0) is 42.0 Å². The van der Waals surface area contributed by atoms with Gasteiger partial charge in [0.1, 0.15) is 0 Å². The average molecular weight is 239 g/mol. The zero-order valence-corrected chi connectivity index (χ0v) is 11.2. The number of hydrogen-bond acceptors (Lipinski definition) is 1. The van der Waals surface area contributed by atoms with E-state index in [1.165, 1.54) is 22.3 Å². The third-order valence-corrected chi connectivity index (χ3v) is 3.54. The monoisotopic (exact) mass is 239 g/mol. The molecule has 0 aromatic heterocycles.